The molecule has 0 saturated heterocycles. The van der Waals surface area contributed by atoms with Crippen LogP contribution in [0.5, 0.6) is 0 Å². The zero-order valence-corrected chi connectivity index (χ0v) is 15.9. The van der Waals surface area contributed by atoms with E-state index in [1.54, 1.807) is 0 Å². The normalized spacial score (nSPS) is 10.5. The van der Waals surface area contributed by atoms with Gasteiger partial charge in [0.1, 0.15) is 0 Å². The Hall–Kier alpha value is -2.58. The van der Waals surface area contributed by atoms with Gasteiger partial charge in [-0.25, -0.2) is 4.98 Å². The zero-order chi connectivity index (χ0) is 18.4. The van der Waals surface area contributed by atoms with Gasteiger partial charge in [0.2, 0.25) is 5.91 Å². The number of rotatable bonds is 5. The smallest absolute Gasteiger partial charge is 0.248 e. The summed E-state index contributed by atoms with van der Waals surface area (Å²) < 4.78 is 2.10. The fourth-order valence-corrected chi connectivity index (χ4v) is 3.49. The second kappa shape index (κ2) is 8.68. The number of nitrogens with zero attached hydrogens (tertiary/aromatic N) is 2. The number of thioether (sulfide) groups is 1. The first kappa shape index (κ1) is 18.2. The molecule has 3 rings (SSSR count). The second-order valence-corrected chi connectivity index (χ2v) is 6.76. The second-order valence-electron chi connectivity index (χ2n) is 5.41. The molecule has 0 unspecified atom stereocenters. The largest absolute Gasteiger partial charge is 0.331 e. The number of carbonyl (C=O) groups is 1. The van der Waals surface area contributed by atoms with Crippen molar-refractivity contribution in [3.8, 4) is 0 Å². The number of para-hydroxylation sites is 3. The van der Waals surface area contributed by atoms with Crippen LogP contribution in [0.25, 0.3) is 11.0 Å². The summed E-state index contributed by atoms with van der Waals surface area (Å²) in [6.45, 7) is 2.86. The highest BCUT2D eigenvalue weighted by atomic mass is 32.2. The van der Waals surface area contributed by atoms with E-state index in [2.05, 4.69) is 32.6 Å². The third-order valence-corrected chi connectivity index (χ3v) is 4.80. The molecule has 1 heterocycles. The molecule has 8 heteroatoms. The first-order valence-electron chi connectivity index (χ1n) is 8.16. The Morgan fingerprint density at radius 2 is 1.85 bits per heavy atom. The Morgan fingerprint density at radius 3 is 2.62 bits per heavy atom. The van der Waals surface area contributed by atoms with Crippen molar-refractivity contribution in [2.45, 2.75) is 18.6 Å². The number of nitrogens with one attached hydrogen (secondary N) is 3. The number of aryl methyl sites for hydroxylation is 1. The van der Waals surface area contributed by atoms with Crippen LogP contribution in [0, 0.1) is 0 Å². The molecule has 2 aromatic carbocycles. The first-order chi connectivity index (χ1) is 12.7. The van der Waals surface area contributed by atoms with E-state index in [9.17, 15) is 4.79 Å². The summed E-state index contributed by atoms with van der Waals surface area (Å²) >= 11 is 6.55. The molecule has 1 amide bonds. The van der Waals surface area contributed by atoms with Crippen molar-refractivity contribution in [2.75, 3.05) is 11.1 Å². The van der Waals surface area contributed by atoms with E-state index in [4.69, 9.17) is 12.2 Å². The average molecular weight is 386 g/mol. The van der Waals surface area contributed by atoms with Crippen LogP contribution >= 0.6 is 24.0 Å². The fourth-order valence-electron chi connectivity index (χ4n) is 2.45. The lowest BCUT2D eigenvalue weighted by atomic mass is 10.3. The lowest BCUT2D eigenvalue weighted by Crippen LogP contribution is -2.44. The molecule has 3 aromatic rings. The molecular weight excluding hydrogens is 366 g/mol. The number of carbonyl (C=O) groups excluding carboxylic acids is 1. The number of anilines is 1. The summed E-state index contributed by atoms with van der Waals surface area (Å²) in [4.78, 5) is 16.7. The molecule has 0 aliphatic carbocycles. The van der Waals surface area contributed by atoms with Crippen LogP contribution in [0.4, 0.5) is 5.69 Å². The highest BCUT2D eigenvalue weighted by molar-refractivity contribution is 7.99. The molecule has 0 aliphatic rings. The highest BCUT2D eigenvalue weighted by Gasteiger charge is 2.11. The number of hydrogen-bond donors (Lipinski definition) is 3. The van der Waals surface area contributed by atoms with E-state index in [-0.39, 0.29) is 11.7 Å². The Balaban J connectivity index is 1.50. The van der Waals surface area contributed by atoms with Gasteiger partial charge in [-0.15, -0.1) is 0 Å². The summed E-state index contributed by atoms with van der Waals surface area (Å²) in [5, 5.41) is 4.15. The van der Waals surface area contributed by atoms with Crippen LogP contribution in [0.2, 0.25) is 0 Å². The third-order valence-electron chi connectivity index (χ3n) is 3.62. The van der Waals surface area contributed by atoms with Crippen LogP contribution in [0.1, 0.15) is 6.92 Å². The molecule has 0 bridgehead atoms. The molecule has 3 N–H and O–H groups in total. The minimum absolute atomic E-state index is 0.179. The summed E-state index contributed by atoms with van der Waals surface area (Å²) in [6, 6.07) is 17.5. The van der Waals surface area contributed by atoms with Gasteiger partial charge in [-0.3, -0.25) is 15.6 Å². The van der Waals surface area contributed by atoms with Crippen molar-refractivity contribution in [1.82, 2.24) is 20.4 Å². The fraction of sp³-hybridized carbons (Fsp3) is 0.167. The molecule has 0 fully saturated rings. The van der Waals surface area contributed by atoms with Gasteiger partial charge in [0.25, 0.3) is 0 Å². The number of hydrogen-bond acceptors (Lipinski definition) is 4. The van der Waals surface area contributed by atoms with E-state index in [0.717, 1.165) is 28.4 Å². The van der Waals surface area contributed by atoms with Gasteiger partial charge in [0.05, 0.1) is 16.8 Å². The van der Waals surface area contributed by atoms with Crippen LogP contribution in [-0.4, -0.2) is 26.3 Å². The third kappa shape index (κ3) is 4.53. The molecular formula is C18H19N5OS2. The lowest BCUT2D eigenvalue weighted by Gasteiger charge is -2.11. The topological polar surface area (TPSA) is 71.0 Å². The van der Waals surface area contributed by atoms with Gasteiger partial charge in [-0.2, -0.15) is 0 Å². The van der Waals surface area contributed by atoms with Gasteiger partial charge < -0.3 is 9.88 Å². The first-order valence-corrected chi connectivity index (χ1v) is 9.55. The number of aromatic nitrogens is 2. The van der Waals surface area contributed by atoms with Gasteiger partial charge in [-0.1, -0.05) is 42.1 Å². The van der Waals surface area contributed by atoms with Crippen molar-refractivity contribution in [3.05, 3.63) is 54.6 Å². The zero-order valence-electron chi connectivity index (χ0n) is 14.2. The molecule has 26 heavy (non-hydrogen) atoms. The predicted molar refractivity (Wildman–Crippen MR) is 110 cm³/mol. The molecule has 0 spiro atoms. The van der Waals surface area contributed by atoms with E-state index < -0.39 is 0 Å². The van der Waals surface area contributed by atoms with E-state index in [0.29, 0.717) is 5.11 Å². The van der Waals surface area contributed by atoms with Gasteiger partial charge in [-0.05, 0) is 43.4 Å². The molecule has 1 aromatic heterocycles. The van der Waals surface area contributed by atoms with Gasteiger partial charge >= 0.3 is 0 Å². The standard InChI is InChI=1S/C18H19N5OS2/c1-2-23-15-11-7-6-10-14(15)20-18(23)26-12-16(24)21-22-17(25)19-13-8-4-3-5-9-13/h3-11H,2,12H2,1H3,(H,21,24)(H2,19,22,25). The highest BCUT2D eigenvalue weighted by Crippen LogP contribution is 2.23. The van der Waals surface area contributed by atoms with Crippen LogP contribution < -0.4 is 16.2 Å². The van der Waals surface area contributed by atoms with Gasteiger partial charge in [0.15, 0.2) is 10.3 Å². The summed E-state index contributed by atoms with van der Waals surface area (Å²) in [5.41, 5.74) is 8.16. The molecule has 6 nitrogen and oxygen atoms in total. The minimum Gasteiger partial charge on any atom is -0.331 e. The van der Waals surface area contributed by atoms with E-state index >= 15 is 0 Å². The molecule has 0 aliphatic heterocycles. The van der Waals surface area contributed by atoms with Crippen molar-refractivity contribution < 1.29 is 4.79 Å². The summed E-state index contributed by atoms with van der Waals surface area (Å²) in [5.74, 6) is 0.0616. The average Bonchev–Trinajstić information content (AvgIpc) is 3.03. The predicted octanol–water partition coefficient (Wildman–Crippen LogP) is 3.17. The summed E-state index contributed by atoms with van der Waals surface area (Å²) in [6.07, 6.45) is 0. The number of amides is 1. The Bertz CT molecular complexity index is 910. The van der Waals surface area contributed by atoms with Crippen molar-refractivity contribution in [3.63, 3.8) is 0 Å². The maximum Gasteiger partial charge on any atom is 0.248 e. The maximum absolute atomic E-state index is 12.1. The van der Waals surface area contributed by atoms with Gasteiger partial charge in [0, 0.05) is 12.2 Å². The lowest BCUT2D eigenvalue weighted by molar-refractivity contribution is -0.119. The number of hydrazine groups is 1. The molecule has 134 valence electrons. The summed E-state index contributed by atoms with van der Waals surface area (Å²) in [7, 11) is 0. The molecule has 0 atom stereocenters. The minimum atomic E-state index is -0.179. The SMILES string of the molecule is CCn1c(SCC(=O)NNC(=S)Nc2ccccc2)nc2ccccc21. The number of thiocarbonyl (C=S) groups is 1. The Labute approximate surface area is 161 Å². The Kier molecular flexibility index (Phi) is 6.08. The van der Waals surface area contributed by atoms with Crippen LogP contribution in [0.3, 0.4) is 0 Å². The molecule has 0 saturated carbocycles. The Morgan fingerprint density at radius 1 is 1.12 bits per heavy atom. The number of imidazole rings is 1. The van der Waals surface area contributed by atoms with E-state index in [1.165, 1.54) is 11.8 Å². The van der Waals surface area contributed by atoms with E-state index in [1.807, 2.05) is 54.6 Å². The van der Waals surface area contributed by atoms with Crippen molar-refractivity contribution in [1.29, 1.82) is 0 Å². The molecule has 0 radical (unpaired) electrons. The number of fused-ring (bicyclic) bond motifs is 1. The van der Waals surface area contributed by atoms with Crippen molar-refractivity contribution in [2.24, 2.45) is 0 Å². The maximum atomic E-state index is 12.1. The van der Waals surface area contributed by atoms with Crippen molar-refractivity contribution >= 4 is 51.7 Å². The number of benzene rings is 2. The quantitative estimate of drug-likeness (QED) is 0.356. The van der Waals surface area contributed by atoms with Crippen LogP contribution in [0.15, 0.2) is 59.8 Å². The monoisotopic (exact) mass is 385 g/mol. The van der Waals surface area contributed by atoms with Crippen LogP contribution in [-0.2, 0) is 11.3 Å².